The number of hydrogen-bond donors (Lipinski definition) is 5. The average Bonchev–Trinajstić information content (AvgIpc) is 3.70. The zero-order valence-electron chi connectivity index (χ0n) is 29.2. The van der Waals surface area contributed by atoms with E-state index in [9.17, 15) is 34.5 Å². The molecule has 2 aliphatic heterocycles. The average molecular weight is 685 g/mol. The quantitative estimate of drug-likeness (QED) is 0.196. The van der Waals surface area contributed by atoms with Crippen LogP contribution in [0.3, 0.4) is 0 Å². The Morgan fingerprint density at radius 3 is 2.57 bits per heavy atom. The maximum Gasteiger partial charge on any atom is 0.329 e. The Morgan fingerprint density at radius 2 is 1.90 bits per heavy atom. The van der Waals surface area contributed by atoms with Crippen LogP contribution in [-0.2, 0) is 42.1 Å². The van der Waals surface area contributed by atoms with Gasteiger partial charge in [0.25, 0.3) is 0 Å². The zero-order chi connectivity index (χ0) is 35.5. The lowest BCUT2D eigenvalue weighted by atomic mass is 9.61. The van der Waals surface area contributed by atoms with Gasteiger partial charge in [0.15, 0.2) is 0 Å². The second kappa shape index (κ2) is 13.4. The number of nitrogens with zero attached hydrogens (tertiary/aromatic N) is 2. The summed E-state index contributed by atoms with van der Waals surface area (Å²) in [5.41, 5.74) is 0.605. The number of carbonyl (C=O) groups excluding carboxylic acids is 4. The van der Waals surface area contributed by atoms with Crippen molar-refractivity contribution in [2.75, 3.05) is 6.54 Å². The van der Waals surface area contributed by atoms with E-state index in [0.717, 1.165) is 5.57 Å². The van der Waals surface area contributed by atoms with Gasteiger partial charge in [-0.3, -0.25) is 14.4 Å². The molecule has 3 saturated carbocycles. The number of rotatable bonds is 8. The van der Waals surface area contributed by atoms with E-state index in [0.29, 0.717) is 25.0 Å². The van der Waals surface area contributed by atoms with Gasteiger partial charge in [0.2, 0.25) is 11.8 Å². The second-order valence-electron chi connectivity index (χ2n) is 15.7. The minimum Gasteiger partial charge on any atom is -0.462 e. The molecule has 0 unspecified atom stereocenters. The van der Waals surface area contributed by atoms with Gasteiger partial charge in [-0.15, -0.1) is 0 Å². The molecule has 7 rings (SSSR count). The Balaban J connectivity index is 1.36. The number of nitrogens with one attached hydrogen (secondary N) is 2. The van der Waals surface area contributed by atoms with Gasteiger partial charge in [0.1, 0.15) is 18.2 Å². The highest BCUT2D eigenvalue weighted by molar-refractivity contribution is 5.85. The van der Waals surface area contributed by atoms with Crippen LogP contribution in [0.4, 0.5) is 0 Å². The standard InChI is InChI=1S/C36H52N4O9/c1-16-11-22-28(32(44)18(3)31(22)43)27-21(16)13-23-29(27)30-33(17(2)25(48-35(30)46)7-9-36(23,5)47)49-34(45)24(12-20-14-37-15-40(20)6)39-26(42)8-10-38-19(4)41/h11,14-15,17-18,21-25,27-33,43-44,47H,7-10,12-13H2,1-6H3,(H,38,41)(H,39,42)/t17-,18+,21+,22-,23-,24+,25+,27+,28+,29-,30-,31+,32-,33+,36+/m1/s1. The van der Waals surface area contributed by atoms with E-state index in [1.807, 2.05) is 27.7 Å². The fourth-order valence-electron chi connectivity index (χ4n) is 10.1. The molecular weight excluding hydrogens is 632 g/mol. The number of imidazole rings is 1. The predicted octanol–water partition coefficient (Wildman–Crippen LogP) is 1.04. The molecular formula is C36H52N4O9. The fraction of sp³-hybridized carbons (Fsp3) is 0.750. The lowest BCUT2D eigenvalue weighted by Gasteiger charge is -2.47. The minimum atomic E-state index is -1.15. The summed E-state index contributed by atoms with van der Waals surface area (Å²) >= 11 is 0. The zero-order valence-corrected chi connectivity index (χ0v) is 29.2. The molecule has 1 aromatic rings. The number of aliphatic hydroxyl groups is 3. The largest absolute Gasteiger partial charge is 0.462 e. The monoisotopic (exact) mass is 684 g/mol. The van der Waals surface area contributed by atoms with Crippen molar-refractivity contribution in [1.29, 1.82) is 0 Å². The van der Waals surface area contributed by atoms with Crippen LogP contribution in [0, 0.1) is 53.3 Å². The number of aliphatic hydroxyl groups excluding tert-OH is 2. The SMILES string of the molecule is CC(=O)NCCC(=O)N[C@@H](Cc1cncn1C)C(=O)O[C@H]1[C@H](C)[C@@H]2CC[C@](C)(O)[C@@H]3C[C@H]4C(C)=C[C@H]5[C@@H](O)[C@H](C)[C@@H](O)[C@@H]5[C@H]4[C@@H]3[C@H]1C(=O)O2. The number of aryl methyl sites for hydroxylation is 1. The number of ether oxygens (including phenoxy) is 2. The molecule has 2 amide bonds. The highest BCUT2D eigenvalue weighted by atomic mass is 16.6. The van der Waals surface area contributed by atoms with Crippen molar-refractivity contribution < 1.29 is 44.0 Å². The molecule has 2 bridgehead atoms. The van der Waals surface area contributed by atoms with Gasteiger partial charge in [-0.2, -0.15) is 0 Å². The lowest BCUT2D eigenvalue weighted by Crippen LogP contribution is -2.56. The summed E-state index contributed by atoms with van der Waals surface area (Å²) in [4.78, 5) is 56.9. The van der Waals surface area contributed by atoms with Crippen molar-refractivity contribution in [1.82, 2.24) is 20.2 Å². The van der Waals surface area contributed by atoms with Gasteiger partial charge in [0.05, 0.1) is 30.1 Å². The minimum absolute atomic E-state index is 0.0352. The Morgan fingerprint density at radius 1 is 1.16 bits per heavy atom. The number of esters is 2. The summed E-state index contributed by atoms with van der Waals surface area (Å²) in [7, 11) is 1.78. The van der Waals surface area contributed by atoms with Gasteiger partial charge in [0, 0.05) is 63.0 Å². The van der Waals surface area contributed by atoms with Gasteiger partial charge in [-0.25, -0.2) is 9.78 Å². The molecule has 6 aliphatic rings. The van der Waals surface area contributed by atoms with Crippen LogP contribution in [-0.4, -0.2) is 91.2 Å². The highest BCUT2D eigenvalue weighted by Gasteiger charge is 2.66. The summed E-state index contributed by atoms with van der Waals surface area (Å²) in [5.74, 6) is -5.43. The third kappa shape index (κ3) is 6.42. The van der Waals surface area contributed by atoms with Crippen molar-refractivity contribution in [3.63, 3.8) is 0 Å². The van der Waals surface area contributed by atoms with Crippen LogP contribution in [0.25, 0.3) is 0 Å². The summed E-state index contributed by atoms with van der Waals surface area (Å²) in [5, 5.41) is 40.2. The van der Waals surface area contributed by atoms with E-state index in [1.54, 1.807) is 24.1 Å². The predicted molar refractivity (Wildman–Crippen MR) is 175 cm³/mol. The summed E-state index contributed by atoms with van der Waals surface area (Å²) < 4.78 is 14.2. The van der Waals surface area contributed by atoms with Crippen LogP contribution >= 0.6 is 0 Å². The molecule has 3 heterocycles. The molecule has 49 heavy (non-hydrogen) atoms. The van der Waals surface area contributed by atoms with E-state index >= 15 is 0 Å². The molecule has 13 heteroatoms. The molecule has 0 spiro atoms. The first kappa shape index (κ1) is 35.5. The molecule has 4 aliphatic carbocycles. The van der Waals surface area contributed by atoms with E-state index in [1.165, 1.54) is 6.92 Å². The smallest absolute Gasteiger partial charge is 0.329 e. The topological polar surface area (TPSA) is 189 Å². The summed E-state index contributed by atoms with van der Waals surface area (Å²) in [6.07, 6.45) is 3.62. The van der Waals surface area contributed by atoms with E-state index in [-0.39, 0.29) is 60.8 Å². The molecule has 0 radical (unpaired) electrons. The maximum absolute atomic E-state index is 14.2. The van der Waals surface area contributed by atoms with Crippen LogP contribution in [0.1, 0.15) is 66.0 Å². The summed E-state index contributed by atoms with van der Waals surface area (Å²) in [6.45, 7) is 9.05. The van der Waals surface area contributed by atoms with Gasteiger partial charge >= 0.3 is 11.9 Å². The molecule has 5 fully saturated rings. The first-order valence-corrected chi connectivity index (χ1v) is 17.8. The normalized spacial score (nSPS) is 41.5. The maximum atomic E-state index is 14.2. The third-order valence-corrected chi connectivity index (χ3v) is 12.8. The van der Waals surface area contributed by atoms with Crippen LogP contribution in [0.15, 0.2) is 24.2 Å². The van der Waals surface area contributed by atoms with Crippen molar-refractivity contribution in [3.8, 4) is 0 Å². The Kier molecular flexibility index (Phi) is 9.75. The number of carbonyl (C=O) groups is 4. The van der Waals surface area contributed by atoms with Crippen LogP contribution < -0.4 is 10.6 Å². The molecule has 2 saturated heterocycles. The Labute approximate surface area is 287 Å². The molecule has 0 aromatic carbocycles. The third-order valence-electron chi connectivity index (χ3n) is 12.8. The molecule has 13 nitrogen and oxygen atoms in total. The summed E-state index contributed by atoms with van der Waals surface area (Å²) in [6, 6.07) is -1.11. The van der Waals surface area contributed by atoms with Crippen molar-refractivity contribution in [3.05, 3.63) is 29.9 Å². The number of fused-ring (bicyclic) bond motifs is 7. The molecule has 15 atom stereocenters. The number of aromatic nitrogens is 2. The van der Waals surface area contributed by atoms with Crippen LogP contribution in [0.2, 0.25) is 0 Å². The number of allylic oxidation sites excluding steroid dienone is 1. The van der Waals surface area contributed by atoms with Crippen molar-refractivity contribution >= 4 is 23.8 Å². The van der Waals surface area contributed by atoms with Crippen molar-refractivity contribution in [2.24, 2.45) is 60.3 Å². The fourth-order valence-corrected chi connectivity index (χ4v) is 10.1. The Bertz CT molecular complexity index is 1490. The second-order valence-corrected chi connectivity index (χ2v) is 15.7. The van der Waals surface area contributed by atoms with E-state index < -0.39 is 71.7 Å². The van der Waals surface area contributed by atoms with Gasteiger partial charge < -0.3 is 40.0 Å². The Hall–Kier alpha value is -3.29. The molecule has 5 N–H and O–H groups in total. The van der Waals surface area contributed by atoms with Crippen LogP contribution in [0.5, 0.6) is 0 Å². The number of hydrogen-bond acceptors (Lipinski definition) is 10. The first-order valence-electron chi connectivity index (χ1n) is 17.8. The highest BCUT2D eigenvalue weighted by Crippen LogP contribution is 2.64. The first-order chi connectivity index (χ1) is 23.1. The van der Waals surface area contributed by atoms with E-state index in [2.05, 4.69) is 21.7 Å². The molecule has 1 aromatic heterocycles. The van der Waals surface area contributed by atoms with Gasteiger partial charge in [-0.1, -0.05) is 25.5 Å². The number of amides is 2. The van der Waals surface area contributed by atoms with Crippen molar-refractivity contribution in [2.45, 2.75) is 103 Å². The molecule has 270 valence electrons. The lowest BCUT2D eigenvalue weighted by molar-refractivity contribution is -0.198. The van der Waals surface area contributed by atoms with Gasteiger partial charge in [-0.05, 0) is 62.7 Å². The van der Waals surface area contributed by atoms with E-state index in [4.69, 9.17) is 9.47 Å².